The number of carbonyl (C=O) groups excluding carboxylic acids is 3. The lowest BCUT2D eigenvalue weighted by molar-refractivity contribution is -0.155. The molecule has 0 unspecified atom stereocenters. The smallest absolute Gasteiger partial charge is 0.344 e. The van der Waals surface area contributed by atoms with E-state index >= 15 is 0 Å². The predicted molar refractivity (Wildman–Crippen MR) is 92.5 cm³/mol. The number of benzene rings is 2. The van der Waals surface area contributed by atoms with Crippen LogP contribution in [-0.4, -0.2) is 30.4 Å². The molecule has 0 aromatic heterocycles. The Labute approximate surface area is 154 Å². The Balaban J connectivity index is 1.83. The van der Waals surface area contributed by atoms with Crippen molar-refractivity contribution < 1.29 is 32.6 Å². The van der Waals surface area contributed by atoms with Crippen LogP contribution >= 0.6 is 0 Å². The van der Waals surface area contributed by atoms with Crippen LogP contribution in [-0.2, 0) is 14.3 Å². The first-order valence-corrected chi connectivity index (χ1v) is 7.95. The number of ether oxygens (including phenoxy) is 2. The number of hydrogen-bond donors (Lipinski definition) is 1. The van der Waals surface area contributed by atoms with Gasteiger partial charge in [0.25, 0.3) is 5.91 Å². The number of hydrogen-bond acceptors (Lipinski definition) is 5. The molecular weight excluding hydrogens is 360 g/mol. The molecule has 0 aliphatic rings. The highest BCUT2D eigenvalue weighted by Gasteiger charge is 2.19. The number of rotatable bonds is 7. The first kappa shape index (κ1) is 20.0. The normalized spacial score (nSPS) is 11.4. The molecule has 2 aromatic carbocycles. The summed E-state index contributed by atoms with van der Waals surface area (Å²) in [7, 11) is 0. The summed E-state index contributed by atoms with van der Waals surface area (Å²) < 4.78 is 36.5. The van der Waals surface area contributed by atoms with Gasteiger partial charge in [0.2, 0.25) is 0 Å². The largest absolute Gasteiger partial charge is 0.482 e. The molecule has 142 valence electrons. The first-order chi connectivity index (χ1) is 12.8. The van der Waals surface area contributed by atoms with E-state index < -0.39 is 36.2 Å². The maximum absolute atomic E-state index is 13.5. The van der Waals surface area contributed by atoms with Crippen molar-refractivity contribution >= 4 is 23.3 Å². The van der Waals surface area contributed by atoms with Gasteiger partial charge in [-0.05, 0) is 50.2 Å². The zero-order valence-electron chi connectivity index (χ0n) is 14.6. The van der Waals surface area contributed by atoms with Gasteiger partial charge in [-0.25, -0.2) is 13.6 Å². The molecule has 6 nitrogen and oxygen atoms in total. The minimum atomic E-state index is -1.22. The van der Waals surface area contributed by atoms with Crippen molar-refractivity contribution in [2.75, 3.05) is 11.9 Å². The average molecular weight is 377 g/mol. The molecule has 2 rings (SSSR count). The molecule has 1 amide bonds. The topological polar surface area (TPSA) is 81.7 Å². The molecule has 2 aromatic rings. The summed E-state index contributed by atoms with van der Waals surface area (Å²) in [4.78, 5) is 34.9. The van der Waals surface area contributed by atoms with Crippen molar-refractivity contribution in [2.45, 2.75) is 20.0 Å². The van der Waals surface area contributed by atoms with Gasteiger partial charge in [-0.2, -0.15) is 0 Å². The number of Topliss-reactive ketones (excluding diaryl/α,β-unsaturated/α-hetero) is 1. The molecule has 0 fully saturated rings. The Bertz CT molecular complexity index is 852. The maximum atomic E-state index is 13.5. The fraction of sp³-hybridized carbons (Fsp3) is 0.211. The number of esters is 1. The van der Waals surface area contributed by atoms with E-state index in [2.05, 4.69) is 5.32 Å². The lowest BCUT2D eigenvalue weighted by Crippen LogP contribution is -2.32. The van der Waals surface area contributed by atoms with E-state index in [4.69, 9.17) is 9.47 Å². The Hall–Kier alpha value is -3.29. The fourth-order valence-corrected chi connectivity index (χ4v) is 2.04. The SMILES string of the molecule is CC(=O)c1ccc(OCC(=O)O[C@H](C)C(=O)Nc2ccc(F)cc2F)cc1. The molecule has 0 bridgehead atoms. The Kier molecular flexibility index (Phi) is 6.59. The van der Waals surface area contributed by atoms with Gasteiger partial charge in [0.15, 0.2) is 18.5 Å². The highest BCUT2D eigenvalue weighted by molar-refractivity contribution is 5.95. The van der Waals surface area contributed by atoms with Crippen molar-refractivity contribution in [1.82, 2.24) is 0 Å². The zero-order chi connectivity index (χ0) is 20.0. The number of nitrogens with one attached hydrogen (secondary N) is 1. The number of carbonyl (C=O) groups is 3. The van der Waals surface area contributed by atoms with E-state index in [1.807, 2.05) is 0 Å². The van der Waals surface area contributed by atoms with Gasteiger partial charge >= 0.3 is 5.97 Å². The van der Waals surface area contributed by atoms with Crippen molar-refractivity contribution in [3.63, 3.8) is 0 Å². The van der Waals surface area contributed by atoms with E-state index in [1.54, 1.807) is 12.1 Å². The molecule has 0 aliphatic heterocycles. The summed E-state index contributed by atoms with van der Waals surface area (Å²) in [5.41, 5.74) is 0.273. The van der Waals surface area contributed by atoms with Crippen LogP contribution in [0.3, 0.4) is 0 Å². The Morgan fingerprint density at radius 3 is 2.33 bits per heavy atom. The second-order valence-corrected chi connectivity index (χ2v) is 5.61. The molecule has 8 heteroatoms. The molecule has 0 saturated heterocycles. The second-order valence-electron chi connectivity index (χ2n) is 5.61. The number of amides is 1. The molecule has 0 radical (unpaired) electrons. The lowest BCUT2D eigenvalue weighted by Gasteiger charge is -2.14. The van der Waals surface area contributed by atoms with Crippen molar-refractivity contribution in [3.8, 4) is 5.75 Å². The summed E-state index contributed by atoms with van der Waals surface area (Å²) in [5, 5.41) is 2.20. The molecule has 27 heavy (non-hydrogen) atoms. The van der Waals surface area contributed by atoms with Crippen LogP contribution in [0.5, 0.6) is 5.75 Å². The van der Waals surface area contributed by atoms with Gasteiger partial charge in [0.05, 0.1) is 5.69 Å². The Morgan fingerprint density at radius 1 is 1.07 bits per heavy atom. The maximum Gasteiger partial charge on any atom is 0.344 e. The quantitative estimate of drug-likeness (QED) is 0.592. The minimum absolute atomic E-state index is 0.0987. The van der Waals surface area contributed by atoms with Crippen molar-refractivity contribution in [3.05, 3.63) is 59.7 Å². The summed E-state index contributed by atoms with van der Waals surface area (Å²) in [6.07, 6.45) is -1.22. The summed E-state index contributed by atoms with van der Waals surface area (Å²) in [6.45, 7) is 2.27. The van der Waals surface area contributed by atoms with Crippen LogP contribution in [0.4, 0.5) is 14.5 Å². The molecule has 0 saturated carbocycles. The zero-order valence-corrected chi connectivity index (χ0v) is 14.6. The van der Waals surface area contributed by atoms with Gasteiger partial charge in [0.1, 0.15) is 17.4 Å². The third kappa shape index (κ3) is 5.88. The van der Waals surface area contributed by atoms with E-state index in [0.29, 0.717) is 17.4 Å². The molecule has 1 atom stereocenters. The van der Waals surface area contributed by atoms with Crippen LogP contribution < -0.4 is 10.1 Å². The molecule has 0 spiro atoms. The molecule has 0 aliphatic carbocycles. The molecule has 0 heterocycles. The Morgan fingerprint density at radius 2 is 1.74 bits per heavy atom. The van der Waals surface area contributed by atoms with Crippen LogP contribution in [0.1, 0.15) is 24.2 Å². The second kappa shape index (κ2) is 8.88. The number of ketones is 1. The van der Waals surface area contributed by atoms with Crippen LogP contribution in [0.25, 0.3) is 0 Å². The monoisotopic (exact) mass is 377 g/mol. The number of halogens is 2. The highest BCUT2D eigenvalue weighted by atomic mass is 19.1. The molecule has 1 N–H and O–H groups in total. The van der Waals surface area contributed by atoms with E-state index in [-0.39, 0.29) is 11.5 Å². The van der Waals surface area contributed by atoms with Crippen LogP contribution in [0.2, 0.25) is 0 Å². The van der Waals surface area contributed by atoms with Gasteiger partial charge in [-0.1, -0.05) is 0 Å². The lowest BCUT2D eigenvalue weighted by atomic mass is 10.1. The van der Waals surface area contributed by atoms with Crippen LogP contribution in [0.15, 0.2) is 42.5 Å². The third-order valence-corrected chi connectivity index (χ3v) is 3.48. The van der Waals surface area contributed by atoms with Gasteiger partial charge < -0.3 is 14.8 Å². The minimum Gasteiger partial charge on any atom is -0.482 e. The van der Waals surface area contributed by atoms with Crippen molar-refractivity contribution in [2.24, 2.45) is 0 Å². The van der Waals surface area contributed by atoms with Crippen molar-refractivity contribution in [1.29, 1.82) is 0 Å². The van der Waals surface area contributed by atoms with Crippen LogP contribution in [0, 0.1) is 11.6 Å². The fourth-order valence-electron chi connectivity index (χ4n) is 2.04. The summed E-state index contributed by atoms with van der Waals surface area (Å²) in [5.74, 6) is -3.06. The van der Waals surface area contributed by atoms with Gasteiger partial charge in [0, 0.05) is 11.6 Å². The standard InChI is InChI=1S/C19H17F2NO5/c1-11(23)13-3-6-15(7-4-13)26-10-18(24)27-12(2)19(25)22-17-8-5-14(20)9-16(17)21/h3-9,12H,10H2,1-2H3,(H,22,25)/t12-/m1/s1. The van der Waals surface area contributed by atoms with E-state index in [9.17, 15) is 23.2 Å². The van der Waals surface area contributed by atoms with E-state index in [0.717, 1.165) is 12.1 Å². The summed E-state index contributed by atoms with van der Waals surface area (Å²) in [6, 6.07) is 8.82. The predicted octanol–water partition coefficient (Wildman–Crippen LogP) is 3.12. The van der Waals surface area contributed by atoms with Gasteiger partial charge in [-0.3, -0.25) is 9.59 Å². The van der Waals surface area contributed by atoms with Gasteiger partial charge in [-0.15, -0.1) is 0 Å². The highest BCUT2D eigenvalue weighted by Crippen LogP contribution is 2.16. The average Bonchev–Trinajstić information content (AvgIpc) is 2.62. The summed E-state index contributed by atoms with van der Waals surface area (Å²) >= 11 is 0. The molecular formula is C19H17F2NO5. The first-order valence-electron chi connectivity index (χ1n) is 7.95. The van der Waals surface area contributed by atoms with E-state index in [1.165, 1.54) is 26.0 Å². The number of anilines is 1. The third-order valence-electron chi connectivity index (χ3n) is 3.48.